The zero-order chi connectivity index (χ0) is 63.1. The maximum atomic E-state index is 14.7. The van der Waals surface area contributed by atoms with Crippen molar-refractivity contribution in [2.24, 2.45) is 0 Å². The average molecular weight is 1220 g/mol. The van der Waals surface area contributed by atoms with Gasteiger partial charge in [0.25, 0.3) is 0 Å². The number of aryl methyl sites for hydroxylation is 4. The van der Waals surface area contributed by atoms with Gasteiger partial charge in [-0.25, -0.2) is 4.79 Å². The first-order valence-electron chi connectivity index (χ1n) is 40.9. The first kappa shape index (κ1) is 81.8. The predicted molar refractivity (Wildman–Crippen MR) is 399 cm³/mol. The molecular formula is C85H156N2O. The van der Waals surface area contributed by atoms with Gasteiger partial charge in [0, 0.05) is 11.4 Å². The number of benzene rings is 2. The molecule has 0 spiro atoms. The fourth-order valence-electron chi connectivity index (χ4n) is 14.4. The van der Waals surface area contributed by atoms with E-state index in [0.717, 1.165) is 37.1 Å². The standard InChI is InChI=1S/C85H156N2O/c1-7-13-19-25-31-37-43-49-55-61-67-77-73-81(74-78(68-62-56-50-44-38-32-26-20-14-8-2)83(77)71-65-59-53-47-41-35-29-23-17-11-5)86-85(88)87-82-75-79(69-63-57-51-45-39-33-27-21-15-9-3)84(72-66-60-54-48-42-36-30-24-18-12-6)80(76-82)70-64-58-52-46-40-34-28-22-16-10-4/h73-76H,7-72H2,1-6H3,(H2,86,87,88). The largest absolute Gasteiger partial charge is 0.323 e. The van der Waals surface area contributed by atoms with Gasteiger partial charge < -0.3 is 10.6 Å². The number of anilines is 2. The molecule has 0 aromatic heterocycles. The third-order valence-corrected chi connectivity index (χ3v) is 20.1. The molecule has 512 valence electrons. The summed E-state index contributed by atoms with van der Waals surface area (Å²) in [7, 11) is 0. The second-order valence-electron chi connectivity index (χ2n) is 28.7. The summed E-state index contributed by atoms with van der Waals surface area (Å²) in [5, 5.41) is 7.07. The Kier molecular flexibility index (Phi) is 59.0. The number of amides is 2. The van der Waals surface area contributed by atoms with Crippen LogP contribution >= 0.6 is 0 Å². The Morgan fingerprint density at radius 1 is 0.205 bits per heavy atom. The van der Waals surface area contributed by atoms with Crippen LogP contribution in [0.3, 0.4) is 0 Å². The SMILES string of the molecule is CCCCCCCCCCCCc1cc(NC(=O)Nc2cc(CCCCCCCCCCCC)c(CCCCCCCCCCCC)c(CCCCCCCCCCCC)c2)cc(CCCCCCCCCCCC)c1CCCCCCCCCCCC. The van der Waals surface area contributed by atoms with Crippen molar-refractivity contribution in [3.05, 3.63) is 57.6 Å². The van der Waals surface area contributed by atoms with Gasteiger partial charge in [-0.1, -0.05) is 388 Å². The van der Waals surface area contributed by atoms with Gasteiger partial charge in [-0.3, -0.25) is 0 Å². The van der Waals surface area contributed by atoms with Crippen molar-refractivity contribution in [2.45, 2.75) is 465 Å². The third kappa shape index (κ3) is 47.6. The van der Waals surface area contributed by atoms with Gasteiger partial charge in [-0.15, -0.1) is 0 Å². The minimum Gasteiger partial charge on any atom is -0.308 e. The molecule has 0 aliphatic rings. The van der Waals surface area contributed by atoms with E-state index in [1.807, 2.05) is 0 Å². The van der Waals surface area contributed by atoms with Gasteiger partial charge in [0.05, 0.1) is 0 Å². The molecule has 0 aliphatic heterocycles. The molecular weight excluding hydrogens is 1060 g/mol. The number of unbranched alkanes of at least 4 members (excludes halogenated alkanes) is 54. The summed E-state index contributed by atoms with van der Waals surface area (Å²) in [6.45, 7) is 14.0. The monoisotopic (exact) mass is 1220 g/mol. The Morgan fingerprint density at radius 2 is 0.341 bits per heavy atom. The topological polar surface area (TPSA) is 41.1 Å². The van der Waals surface area contributed by atoms with Crippen LogP contribution in [0, 0.1) is 0 Å². The van der Waals surface area contributed by atoms with Crippen molar-refractivity contribution in [2.75, 3.05) is 10.6 Å². The average Bonchev–Trinajstić information content (AvgIpc) is 3.66. The van der Waals surface area contributed by atoms with E-state index in [4.69, 9.17) is 0 Å². The quantitative estimate of drug-likeness (QED) is 0.0637. The van der Waals surface area contributed by atoms with E-state index in [9.17, 15) is 4.79 Å². The summed E-state index contributed by atoms with van der Waals surface area (Å²) < 4.78 is 0. The van der Waals surface area contributed by atoms with Crippen LogP contribution in [0.2, 0.25) is 0 Å². The number of nitrogens with one attached hydrogen (secondary N) is 2. The number of hydrogen-bond donors (Lipinski definition) is 2. The fraction of sp³-hybridized carbons (Fsp3) is 0.847. The van der Waals surface area contributed by atoms with Gasteiger partial charge in [0.2, 0.25) is 0 Å². The summed E-state index contributed by atoms with van der Waals surface area (Å²) >= 11 is 0. The van der Waals surface area contributed by atoms with Crippen LogP contribution in [0.25, 0.3) is 0 Å². The third-order valence-electron chi connectivity index (χ3n) is 20.1. The first-order valence-corrected chi connectivity index (χ1v) is 40.9. The number of carbonyl (C=O) groups is 1. The number of rotatable bonds is 68. The second-order valence-corrected chi connectivity index (χ2v) is 28.7. The van der Waals surface area contributed by atoms with E-state index in [1.165, 1.54) is 420 Å². The molecule has 2 amide bonds. The molecule has 0 radical (unpaired) electrons. The van der Waals surface area contributed by atoms with E-state index < -0.39 is 0 Å². The molecule has 0 atom stereocenters. The Bertz CT molecular complexity index is 1580. The molecule has 88 heavy (non-hydrogen) atoms. The van der Waals surface area contributed by atoms with Gasteiger partial charge in [0.1, 0.15) is 0 Å². The Balaban J connectivity index is 2.46. The maximum absolute atomic E-state index is 14.7. The number of hydrogen-bond acceptors (Lipinski definition) is 1. The molecule has 0 saturated carbocycles. The van der Waals surface area contributed by atoms with Crippen molar-refractivity contribution >= 4 is 17.4 Å². The van der Waals surface area contributed by atoms with Crippen LogP contribution in [-0.4, -0.2) is 6.03 Å². The summed E-state index contributed by atoms with van der Waals surface area (Å²) in [5.41, 5.74) is 11.4. The van der Waals surface area contributed by atoms with Crippen LogP contribution in [0.15, 0.2) is 24.3 Å². The van der Waals surface area contributed by atoms with E-state index in [1.54, 1.807) is 11.1 Å². The molecule has 0 saturated heterocycles. The van der Waals surface area contributed by atoms with Gasteiger partial charge in [-0.05, 0) is 135 Å². The highest BCUT2D eigenvalue weighted by molar-refractivity contribution is 6.00. The molecule has 3 nitrogen and oxygen atoms in total. The lowest BCUT2D eigenvalue weighted by Gasteiger charge is -2.20. The van der Waals surface area contributed by atoms with Gasteiger partial charge in [0.15, 0.2) is 0 Å². The van der Waals surface area contributed by atoms with Gasteiger partial charge in [-0.2, -0.15) is 0 Å². The van der Waals surface area contributed by atoms with Crippen LogP contribution in [-0.2, 0) is 38.5 Å². The van der Waals surface area contributed by atoms with Crippen molar-refractivity contribution in [3.8, 4) is 0 Å². The lowest BCUT2D eigenvalue weighted by Crippen LogP contribution is -2.20. The molecule has 2 aromatic rings. The van der Waals surface area contributed by atoms with E-state index in [2.05, 4.69) is 76.4 Å². The fourth-order valence-corrected chi connectivity index (χ4v) is 14.4. The van der Waals surface area contributed by atoms with Crippen molar-refractivity contribution in [1.82, 2.24) is 0 Å². The zero-order valence-electron chi connectivity index (χ0n) is 60.9. The zero-order valence-corrected chi connectivity index (χ0v) is 60.9. The van der Waals surface area contributed by atoms with Crippen molar-refractivity contribution < 1.29 is 4.79 Å². The molecule has 0 fully saturated rings. The van der Waals surface area contributed by atoms with Crippen molar-refractivity contribution in [1.29, 1.82) is 0 Å². The van der Waals surface area contributed by atoms with Crippen molar-refractivity contribution in [3.63, 3.8) is 0 Å². The Hall–Kier alpha value is -2.29. The number of urea groups is 1. The lowest BCUT2D eigenvalue weighted by molar-refractivity contribution is 0.262. The summed E-state index contributed by atoms with van der Waals surface area (Å²) in [6, 6.07) is 9.68. The van der Waals surface area contributed by atoms with Crippen LogP contribution in [0.1, 0.15) is 460 Å². The highest BCUT2D eigenvalue weighted by Crippen LogP contribution is 2.31. The molecule has 0 bridgehead atoms. The van der Waals surface area contributed by atoms with E-state index in [0.29, 0.717) is 0 Å². The molecule has 3 heteroatoms. The van der Waals surface area contributed by atoms with E-state index in [-0.39, 0.29) is 6.03 Å². The normalized spacial score (nSPS) is 11.6. The first-order chi connectivity index (χ1) is 43.5. The Morgan fingerprint density at radius 3 is 0.500 bits per heavy atom. The summed E-state index contributed by atoms with van der Waals surface area (Å²) in [4.78, 5) is 14.7. The minimum absolute atomic E-state index is 0.0607. The Labute approximate surface area is 552 Å². The highest BCUT2D eigenvalue weighted by Gasteiger charge is 2.17. The predicted octanol–water partition coefficient (Wildman–Crippen LogP) is 30.1. The molecule has 0 aliphatic carbocycles. The van der Waals surface area contributed by atoms with Crippen LogP contribution in [0.4, 0.5) is 16.2 Å². The molecule has 2 rings (SSSR count). The summed E-state index contributed by atoms with van der Waals surface area (Å²) in [5.74, 6) is 0. The van der Waals surface area contributed by atoms with Gasteiger partial charge >= 0.3 is 6.03 Å². The van der Waals surface area contributed by atoms with Crippen LogP contribution in [0.5, 0.6) is 0 Å². The van der Waals surface area contributed by atoms with E-state index >= 15 is 0 Å². The minimum atomic E-state index is -0.0607. The number of carbonyl (C=O) groups excluding carboxylic acids is 1. The smallest absolute Gasteiger partial charge is 0.308 e. The molecule has 2 aromatic carbocycles. The maximum Gasteiger partial charge on any atom is 0.323 e. The second kappa shape index (κ2) is 63.5. The lowest BCUT2D eigenvalue weighted by atomic mass is 9.89. The molecule has 0 heterocycles. The summed E-state index contributed by atoms with van der Waals surface area (Å²) in [6.07, 6.45) is 89.2. The van der Waals surface area contributed by atoms with Crippen LogP contribution < -0.4 is 10.6 Å². The highest BCUT2D eigenvalue weighted by atomic mass is 16.2. The molecule has 2 N–H and O–H groups in total. The molecule has 0 unspecified atom stereocenters.